The van der Waals surface area contributed by atoms with Gasteiger partial charge in [0.1, 0.15) is 11.6 Å². The number of carbonyl (C=O) groups is 1. The Morgan fingerprint density at radius 3 is 2.42 bits per heavy atom. The van der Waals surface area contributed by atoms with Crippen molar-refractivity contribution in [2.45, 2.75) is 25.3 Å². The number of aryl methyl sites for hydroxylation is 1. The van der Waals surface area contributed by atoms with Crippen molar-refractivity contribution < 1.29 is 22.3 Å². The quantitative estimate of drug-likeness (QED) is 0.467. The van der Waals surface area contributed by atoms with Crippen LogP contribution in [0.4, 0.5) is 10.1 Å². The Morgan fingerprint density at radius 2 is 1.79 bits per heavy atom. The van der Waals surface area contributed by atoms with Crippen molar-refractivity contribution in [1.82, 2.24) is 4.31 Å². The van der Waals surface area contributed by atoms with Gasteiger partial charge in [-0.05, 0) is 62.4 Å². The van der Waals surface area contributed by atoms with Crippen LogP contribution in [0.5, 0.6) is 5.75 Å². The predicted molar refractivity (Wildman–Crippen MR) is 127 cm³/mol. The van der Waals surface area contributed by atoms with Gasteiger partial charge in [-0.25, -0.2) is 12.8 Å². The lowest BCUT2D eigenvalue weighted by atomic mass is 10.1. The van der Waals surface area contributed by atoms with Gasteiger partial charge in [0.15, 0.2) is 0 Å². The molecule has 6 nitrogen and oxygen atoms in total. The summed E-state index contributed by atoms with van der Waals surface area (Å²) in [7, 11) is -2.28. The molecular weight excluding hydrogens is 467 g/mol. The molecule has 3 rings (SSSR count). The molecule has 3 aromatic carbocycles. The molecule has 3 aromatic rings. The highest BCUT2D eigenvalue weighted by Crippen LogP contribution is 2.26. The van der Waals surface area contributed by atoms with Crippen LogP contribution in [0.3, 0.4) is 0 Å². The smallest absolute Gasteiger partial charge is 0.255 e. The van der Waals surface area contributed by atoms with E-state index in [1.54, 1.807) is 42.5 Å². The number of nitrogens with zero attached hydrogens (tertiary/aromatic N) is 1. The molecule has 9 heteroatoms. The van der Waals surface area contributed by atoms with E-state index in [4.69, 9.17) is 16.3 Å². The zero-order valence-electron chi connectivity index (χ0n) is 18.4. The highest BCUT2D eigenvalue weighted by molar-refractivity contribution is 7.89. The van der Waals surface area contributed by atoms with Gasteiger partial charge in [-0.2, -0.15) is 4.31 Å². The third-order valence-electron chi connectivity index (χ3n) is 4.92. The van der Waals surface area contributed by atoms with Crippen molar-refractivity contribution in [3.63, 3.8) is 0 Å². The number of nitrogens with one attached hydrogen (secondary N) is 1. The van der Waals surface area contributed by atoms with E-state index in [1.165, 1.54) is 23.5 Å². The maximum atomic E-state index is 13.4. The molecule has 0 radical (unpaired) electrons. The third kappa shape index (κ3) is 5.90. The second-order valence-electron chi connectivity index (χ2n) is 7.41. The van der Waals surface area contributed by atoms with Crippen LogP contribution in [0.25, 0.3) is 0 Å². The van der Waals surface area contributed by atoms with E-state index in [9.17, 15) is 17.6 Å². The predicted octanol–water partition coefficient (Wildman–Crippen LogP) is 5.26. The number of rotatable bonds is 8. The van der Waals surface area contributed by atoms with Gasteiger partial charge in [0.25, 0.3) is 5.91 Å². The number of hydrogen-bond donors (Lipinski definition) is 1. The van der Waals surface area contributed by atoms with Crippen LogP contribution in [0.15, 0.2) is 65.6 Å². The maximum Gasteiger partial charge on any atom is 0.255 e. The fourth-order valence-electron chi connectivity index (χ4n) is 3.13. The Kier molecular flexibility index (Phi) is 7.73. The number of benzene rings is 3. The Hall–Kier alpha value is -2.94. The van der Waals surface area contributed by atoms with E-state index in [1.807, 2.05) is 13.8 Å². The molecule has 0 saturated carbocycles. The van der Waals surface area contributed by atoms with Gasteiger partial charge in [0.05, 0.1) is 16.5 Å². The lowest BCUT2D eigenvalue weighted by Gasteiger charge is -2.20. The highest BCUT2D eigenvalue weighted by Gasteiger charge is 2.23. The number of anilines is 1. The van der Waals surface area contributed by atoms with Crippen LogP contribution in [-0.2, 0) is 16.6 Å². The summed E-state index contributed by atoms with van der Waals surface area (Å²) in [4.78, 5) is 12.9. The first-order valence-electron chi connectivity index (χ1n) is 10.2. The summed E-state index contributed by atoms with van der Waals surface area (Å²) in [6.45, 7) is 4.07. The summed E-state index contributed by atoms with van der Waals surface area (Å²) < 4.78 is 46.2. The van der Waals surface area contributed by atoms with Crippen LogP contribution in [-0.4, -0.2) is 32.3 Å². The first-order chi connectivity index (χ1) is 15.6. The average molecular weight is 491 g/mol. The SMILES string of the molecule is CCOc1ccc(C(=O)Nc2ccc(F)c(Cl)c2)cc1CN(C)S(=O)(=O)c1ccc(C)cc1. The molecular formula is C24H24ClFN2O4S. The van der Waals surface area contributed by atoms with E-state index in [2.05, 4.69) is 5.32 Å². The zero-order valence-corrected chi connectivity index (χ0v) is 20.0. The monoisotopic (exact) mass is 490 g/mol. The van der Waals surface area contributed by atoms with E-state index in [0.29, 0.717) is 23.6 Å². The lowest BCUT2D eigenvalue weighted by Crippen LogP contribution is -2.27. The zero-order chi connectivity index (χ0) is 24.2. The normalized spacial score (nSPS) is 11.5. The van der Waals surface area contributed by atoms with Crippen LogP contribution in [0.2, 0.25) is 5.02 Å². The van der Waals surface area contributed by atoms with E-state index in [0.717, 1.165) is 11.6 Å². The number of hydrogen-bond acceptors (Lipinski definition) is 4. The number of ether oxygens (including phenoxy) is 1. The molecule has 0 aliphatic carbocycles. The van der Waals surface area contributed by atoms with Crippen molar-refractivity contribution in [2.75, 3.05) is 19.0 Å². The summed E-state index contributed by atoms with van der Waals surface area (Å²) in [5.41, 5.74) is 2.10. The molecule has 0 heterocycles. The van der Waals surface area contributed by atoms with Gasteiger partial charge in [-0.1, -0.05) is 29.3 Å². The topological polar surface area (TPSA) is 75.7 Å². The van der Waals surface area contributed by atoms with Crippen molar-refractivity contribution >= 4 is 33.2 Å². The highest BCUT2D eigenvalue weighted by atomic mass is 35.5. The van der Waals surface area contributed by atoms with Gasteiger partial charge < -0.3 is 10.1 Å². The van der Waals surface area contributed by atoms with E-state index < -0.39 is 21.7 Å². The van der Waals surface area contributed by atoms with E-state index >= 15 is 0 Å². The summed E-state index contributed by atoms with van der Waals surface area (Å²) in [6, 6.07) is 15.2. The van der Waals surface area contributed by atoms with E-state index in [-0.39, 0.29) is 22.0 Å². The third-order valence-corrected chi connectivity index (χ3v) is 7.03. The molecule has 0 bridgehead atoms. The summed E-state index contributed by atoms with van der Waals surface area (Å²) in [5.74, 6) is -0.563. The number of halogens is 2. The van der Waals surface area contributed by atoms with Crippen LogP contribution >= 0.6 is 11.6 Å². The fourth-order valence-corrected chi connectivity index (χ4v) is 4.46. The van der Waals surface area contributed by atoms with Crippen LogP contribution in [0.1, 0.15) is 28.4 Å². The molecule has 0 aromatic heterocycles. The largest absolute Gasteiger partial charge is 0.494 e. The van der Waals surface area contributed by atoms with Gasteiger partial charge in [0, 0.05) is 30.4 Å². The molecule has 0 spiro atoms. The molecule has 0 unspecified atom stereocenters. The van der Waals surface area contributed by atoms with Crippen LogP contribution < -0.4 is 10.1 Å². The van der Waals surface area contributed by atoms with Crippen molar-refractivity contribution in [3.05, 3.63) is 88.2 Å². The fraction of sp³-hybridized carbons (Fsp3) is 0.208. The minimum atomic E-state index is -3.75. The molecule has 33 heavy (non-hydrogen) atoms. The molecule has 1 N–H and O–H groups in total. The standard InChI is InChI=1S/C24H24ClFN2O4S/c1-4-32-23-12-7-17(24(29)27-19-8-11-22(26)21(25)14-19)13-18(23)15-28(3)33(30,31)20-9-5-16(2)6-10-20/h5-14H,4,15H2,1-3H3,(H,27,29). The number of sulfonamides is 1. The molecule has 0 fully saturated rings. The summed E-state index contributed by atoms with van der Waals surface area (Å²) in [6.07, 6.45) is 0. The second kappa shape index (κ2) is 10.3. The van der Waals surface area contributed by atoms with Gasteiger partial charge in [-0.3, -0.25) is 4.79 Å². The Balaban J connectivity index is 1.87. The summed E-state index contributed by atoms with van der Waals surface area (Å²) in [5, 5.41) is 2.55. The average Bonchev–Trinajstić information content (AvgIpc) is 2.77. The van der Waals surface area contributed by atoms with Crippen LogP contribution in [0, 0.1) is 12.7 Å². The summed E-state index contributed by atoms with van der Waals surface area (Å²) >= 11 is 5.78. The first kappa shape index (κ1) is 24.7. The van der Waals surface area contributed by atoms with Crippen molar-refractivity contribution in [1.29, 1.82) is 0 Å². The minimum absolute atomic E-state index is 0.00492. The van der Waals surface area contributed by atoms with Gasteiger partial charge in [0.2, 0.25) is 10.0 Å². The molecule has 0 atom stereocenters. The molecule has 0 saturated heterocycles. The number of carbonyl (C=O) groups excluding carboxylic acids is 1. The molecule has 0 aliphatic rings. The van der Waals surface area contributed by atoms with Gasteiger partial charge in [-0.15, -0.1) is 0 Å². The lowest BCUT2D eigenvalue weighted by molar-refractivity contribution is 0.102. The Morgan fingerprint density at radius 1 is 1.09 bits per heavy atom. The molecule has 174 valence electrons. The Labute approximate surface area is 198 Å². The van der Waals surface area contributed by atoms with Gasteiger partial charge >= 0.3 is 0 Å². The molecule has 0 aliphatic heterocycles. The minimum Gasteiger partial charge on any atom is -0.494 e. The Bertz CT molecular complexity index is 1260. The maximum absolute atomic E-state index is 13.4. The second-order valence-corrected chi connectivity index (χ2v) is 9.86. The molecule has 1 amide bonds. The van der Waals surface area contributed by atoms with Crippen molar-refractivity contribution in [3.8, 4) is 5.75 Å². The van der Waals surface area contributed by atoms with Crippen molar-refractivity contribution in [2.24, 2.45) is 0 Å². The first-order valence-corrected chi connectivity index (χ1v) is 12.0. The number of amides is 1.